The number of ether oxygens (including phenoxy) is 1. The number of hydrogen-bond donors (Lipinski definition) is 0. The largest absolute Gasteiger partial charge is 0.465 e. The van der Waals surface area contributed by atoms with Crippen molar-refractivity contribution in [2.45, 2.75) is 18.1 Å². The number of anilines is 1. The Balaban J connectivity index is 2.35. The minimum atomic E-state index is -1.10. The van der Waals surface area contributed by atoms with E-state index in [1.807, 2.05) is 0 Å². The van der Waals surface area contributed by atoms with Gasteiger partial charge < -0.3 is 9.64 Å². The number of rotatable bonds is 2. The van der Waals surface area contributed by atoms with E-state index in [1.165, 1.54) is 25.6 Å². The summed E-state index contributed by atoms with van der Waals surface area (Å²) in [6.45, 7) is 0.463. The van der Waals surface area contributed by atoms with Gasteiger partial charge in [0.25, 0.3) is 0 Å². The summed E-state index contributed by atoms with van der Waals surface area (Å²) in [6.07, 6.45) is 2.24. The van der Waals surface area contributed by atoms with Crippen LogP contribution in [0.2, 0.25) is 0 Å². The molecule has 2 rings (SSSR count). The fourth-order valence-electron chi connectivity index (χ4n) is 1.87. The van der Waals surface area contributed by atoms with Gasteiger partial charge in [0.2, 0.25) is 0 Å². The van der Waals surface area contributed by atoms with Crippen LogP contribution in [0.15, 0.2) is 18.5 Å². The minimum absolute atomic E-state index is 0.349. The van der Waals surface area contributed by atoms with Gasteiger partial charge in [-0.15, -0.1) is 0 Å². The molecule has 1 saturated heterocycles. The third-order valence-corrected chi connectivity index (χ3v) is 3.27. The first-order valence-corrected chi connectivity index (χ1v) is 5.66. The van der Waals surface area contributed by atoms with Crippen LogP contribution < -0.4 is 4.90 Å². The zero-order chi connectivity index (χ0) is 12.4. The number of hydrogen-bond acceptors (Lipinski definition) is 4. The molecule has 1 aliphatic rings. The van der Waals surface area contributed by atoms with Gasteiger partial charge in [-0.2, -0.15) is 0 Å². The van der Waals surface area contributed by atoms with Gasteiger partial charge in [-0.1, -0.05) is 11.6 Å². The average molecular weight is 259 g/mol. The van der Waals surface area contributed by atoms with Crippen molar-refractivity contribution < 1.29 is 13.9 Å². The van der Waals surface area contributed by atoms with Gasteiger partial charge in [-0.05, 0) is 12.5 Å². The Labute approximate surface area is 103 Å². The Bertz CT molecular complexity index is 430. The van der Waals surface area contributed by atoms with Crippen LogP contribution in [-0.2, 0) is 4.74 Å². The summed E-state index contributed by atoms with van der Waals surface area (Å²) in [4.78, 5) is 17.1. The van der Waals surface area contributed by atoms with Crippen LogP contribution in [0.4, 0.5) is 10.1 Å². The van der Waals surface area contributed by atoms with Crippen molar-refractivity contribution in [1.82, 2.24) is 4.98 Å². The quantitative estimate of drug-likeness (QED) is 0.462. The summed E-state index contributed by atoms with van der Waals surface area (Å²) >= 11 is 5.95. The van der Waals surface area contributed by atoms with Crippen LogP contribution in [0.3, 0.4) is 0 Å². The Morgan fingerprint density at radius 1 is 1.71 bits per heavy atom. The maximum absolute atomic E-state index is 13.4. The lowest BCUT2D eigenvalue weighted by molar-refractivity contribution is 0.0601. The zero-order valence-electron chi connectivity index (χ0n) is 9.27. The molecule has 1 aromatic heterocycles. The highest BCUT2D eigenvalue weighted by Gasteiger charge is 2.34. The molecule has 0 amide bonds. The Hall–Kier alpha value is -1.36. The van der Waals surface area contributed by atoms with Crippen molar-refractivity contribution in [3.63, 3.8) is 0 Å². The predicted molar refractivity (Wildman–Crippen MR) is 62.1 cm³/mol. The molecule has 2 heterocycles. The number of methoxy groups -OCH3 is 1. The standard InChI is InChI=1S/C11H12ClFN2O2/c1-17-11(16)7-2-4-14-6-9(7)15-5-3-8(13)10(15)12/h2,4,6,8,10H,3,5H2,1H3. The van der Waals surface area contributed by atoms with Crippen molar-refractivity contribution in [3.8, 4) is 0 Å². The molecule has 0 bridgehead atoms. The lowest BCUT2D eigenvalue weighted by atomic mass is 10.2. The van der Waals surface area contributed by atoms with Crippen LogP contribution in [0, 0.1) is 0 Å². The van der Waals surface area contributed by atoms with Crippen LogP contribution in [0.25, 0.3) is 0 Å². The molecule has 0 spiro atoms. The van der Waals surface area contributed by atoms with Gasteiger partial charge in [0.15, 0.2) is 0 Å². The number of halogens is 2. The summed E-state index contributed by atoms with van der Waals surface area (Å²) in [5, 5.41) is 0. The van der Waals surface area contributed by atoms with Crippen molar-refractivity contribution >= 4 is 23.3 Å². The first-order valence-electron chi connectivity index (χ1n) is 5.22. The lowest BCUT2D eigenvalue weighted by Crippen LogP contribution is -2.30. The second-order valence-corrected chi connectivity index (χ2v) is 4.20. The van der Waals surface area contributed by atoms with E-state index >= 15 is 0 Å². The summed E-state index contributed by atoms with van der Waals surface area (Å²) in [6, 6.07) is 1.54. The van der Waals surface area contributed by atoms with Crippen molar-refractivity contribution in [2.24, 2.45) is 0 Å². The van der Waals surface area contributed by atoms with E-state index in [2.05, 4.69) is 9.72 Å². The molecule has 0 N–H and O–H groups in total. The highest BCUT2D eigenvalue weighted by molar-refractivity contribution is 6.22. The van der Waals surface area contributed by atoms with E-state index in [9.17, 15) is 9.18 Å². The van der Waals surface area contributed by atoms with Gasteiger partial charge in [-0.25, -0.2) is 9.18 Å². The molecule has 0 radical (unpaired) electrons. The van der Waals surface area contributed by atoms with Crippen LogP contribution in [0.5, 0.6) is 0 Å². The summed E-state index contributed by atoms with van der Waals surface area (Å²) in [5.41, 5.74) is 0.101. The van der Waals surface area contributed by atoms with Gasteiger partial charge in [0, 0.05) is 12.7 Å². The Morgan fingerprint density at radius 3 is 3.06 bits per heavy atom. The Morgan fingerprint density at radius 2 is 2.47 bits per heavy atom. The van der Waals surface area contributed by atoms with Crippen molar-refractivity contribution in [3.05, 3.63) is 24.0 Å². The van der Waals surface area contributed by atoms with E-state index < -0.39 is 17.6 Å². The highest BCUT2D eigenvalue weighted by atomic mass is 35.5. The predicted octanol–water partition coefficient (Wildman–Crippen LogP) is 1.98. The molecule has 92 valence electrons. The second-order valence-electron chi connectivity index (χ2n) is 3.76. The molecule has 6 heteroatoms. The molecule has 2 atom stereocenters. The van der Waals surface area contributed by atoms with Crippen LogP contribution in [0.1, 0.15) is 16.8 Å². The topological polar surface area (TPSA) is 42.4 Å². The fourth-order valence-corrected chi connectivity index (χ4v) is 2.20. The number of aromatic nitrogens is 1. The van der Waals surface area contributed by atoms with Gasteiger partial charge in [-0.3, -0.25) is 4.98 Å². The maximum Gasteiger partial charge on any atom is 0.340 e. The highest BCUT2D eigenvalue weighted by Crippen LogP contribution is 2.31. The third kappa shape index (κ3) is 2.20. The first kappa shape index (κ1) is 12.1. The minimum Gasteiger partial charge on any atom is -0.465 e. The number of carbonyl (C=O) groups excluding carboxylic acids is 1. The first-order chi connectivity index (χ1) is 8.15. The van der Waals surface area contributed by atoms with Crippen LogP contribution >= 0.6 is 11.6 Å². The normalized spacial score (nSPS) is 23.8. The van der Waals surface area contributed by atoms with Crippen LogP contribution in [-0.4, -0.2) is 36.3 Å². The van der Waals surface area contributed by atoms with Gasteiger partial charge in [0.05, 0.1) is 24.6 Å². The average Bonchev–Trinajstić information content (AvgIpc) is 2.69. The summed E-state index contributed by atoms with van der Waals surface area (Å²) < 4.78 is 18.0. The molecule has 0 saturated carbocycles. The fraction of sp³-hybridized carbons (Fsp3) is 0.455. The number of nitrogens with zero attached hydrogens (tertiary/aromatic N) is 2. The van der Waals surface area contributed by atoms with E-state index in [0.29, 0.717) is 24.2 Å². The molecule has 1 aliphatic heterocycles. The zero-order valence-corrected chi connectivity index (χ0v) is 10.0. The van der Waals surface area contributed by atoms with E-state index in [1.54, 1.807) is 4.90 Å². The SMILES string of the molecule is COC(=O)c1ccncc1N1CCC(F)C1Cl. The van der Waals surface area contributed by atoms with Gasteiger partial charge in [0.1, 0.15) is 11.7 Å². The number of pyridine rings is 1. The van der Waals surface area contributed by atoms with Crippen molar-refractivity contribution in [2.75, 3.05) is 18.6 Å². The lowest BCUT2D eigenvalue weighted by Gasteiger charge is -2.23. The molecule has 1 fully saturated rings. The van der Waals surface area contributed by atoms with E-state index in [4.69, 9.17) is 11.6 Å². The van der Waals surface area contributed by atoms with E-state index in [0.717, 1.165) is 0 Å². The maximum atomic E-state index is 13.4. The van der Waals surface area contributed by atoms with Gasteiger partial charge >= 0.3 is 5.97 Å². The molecule has 1 aromatic rings. The molecule has 4 nitrogen and oxygen atoms in total. The molecular weight excluding hydrogens is 247 g/mol. The van der Waals surface area contributed by atoms with Crippen molar-refractivity contribution in [1.29, 1.82) is 0 Å². The van der Waals surface area contributed by atoms with E-state index in [-0.39, 0.29) is 0 Å². The summed E-state index contributed by atoms with van der Waals surface area (Å²) in [7, 11) is 1.30. The number of esters is 1. The Kier molecular flexibility index (Phi) is 3.47. The smallest absolute Gasteiger partial charge is 0.340 e. The number of carbonyl (C=O) groups is 1. The monoisotopic (exact) mass is 258 g/mol. The molecular formula is C11H12ClFN2O2. The third-order valence-electron chi connectivity index (χ3n) is 2.76. The molecule has 0 aromatic carbocycles. The second kappa shape index (κ2) is 4.87. The molecule has 17 heavy (non-hydrogen) atoms. The molecule has 2 unspecified atom stereocenters. The number of alkyl halides is 2. The molecule has 0 aliphatic carbocycles. The summed E-state index contributed by atoms with van der Waals surface area (Å²) in [5.74, 6) is -0.478.